The van der Waals surface area contributed by atoms with Gasteiger partial charge in [0.2, 0.25) is 5.91 Å². The molecule has 2 amide bonds. The first-order valence-corrected chi connectivity index (χ1v) is 7.49. The van der Waals surface area contributed by atoms with Gasteiger partial charge in [-0.1, -0.05) is 12.1 Å². The zero-order valence-electron chi connectivity index (χ0n) is 12.0. The van der Waals surface area contributed by atoms with Crippen molar-refractivity contribution in [3.63, 3.8) is 0 Å². The van der Waals surface area contributed by atoms with Gasteiger partial charge in [0.1, 0.15) is 5.01 Å². The van der Waals surface area contributed by atoms with Crippen molar-refractivity contribution in [2.45, 2.75) is 13.8 Å². The van der Waals surface area contributed by atoms with Gasteiger partial charge in [0.05, 0.1) is 0 Å². The minimum absolute atomic E-state index is 0.104. The predicted molar refractivity (Wildman–Crippen MR) is 83.3 cm³/mol. The molecule has 0 aliphatic rings. The number of thiazole rings is 1. The highest BCUT2D eigenvalue weighted by molar-refractivity contribution is 7.13. The second-order valence-electron chi connectivity index (χ2n) is 4.61. The first kappa shape index (κ1) is 15.2. The average Bonchev–Trinajstić information content (AvgIpc) is 2.90. The molecule has 0 atom stereocenters. The molecule has 5 nitrogen and oxygen atoms in total. The third-order valence-electron chi connectivity index (χ3n) is 2.80. The van der Waals surface area contributed by atoms with E-state index < -0.39 is 0 Å². The van der Waals surface area contributed by atoms with Gasteiger partial charge in [-0.15, -0.1) is 11.3 Å². The van der Waals surface area contributed by atoms with Crippen LogP contribution in [-0.2, 0) is 4.79 Å². The summed E-state index contributed by atoms with van der Waals surface area (Å²) in [5.41, 5.74) is 2.59. The van der Waals surface area contributed by atoms with Crippen molar-refractivity contribution in [3.05, 3.63) is 40.9 Å². The smallest absolute Gasteiger partial charge is 0.251 e. The average molecular weight is 303 g/mol. The molecule has 0 saturated heterocycles. The van der Waals surface area contributed by atoms with Gasteiger partial charge in [-0.3, -0.25) is 9.59 Å². The molecule has 2 N–H and O–H groups in total. The summed E-state index contributed by atoms with van der Waals surface area (Å²) in [6.07, 6.45) is 0. The van der Waals surface area contributed by atoms with E-state index in [4.69, 9.17) is 0 Å². The Kier molecular flexibility index (Phi) is 5.05. The number of hydrogen-bond acceptors (Lipinski definition) is 4. The number of carbonyl (C=O) groups excluding carboxylic acids is 2. The van der Waals surface area contributed by atoms with Crippen LogP contribution in [0.4, 0.5) is 0 Å². The SMILES string of the molecule is CC(=O)NCCNC(=O)c1ccc(-c2nc(C)cs2)cc1. The fourth-order valence-corrected chi connectivity index (χ4v) is 2.57. The molecule has 110 valence electrons. The highest BCUT2D eigenvalue weighted by Crippen LogP contribution is 2.23. The van der Waals surface area contributed by atoms with E-state index in [9.17, 15) is 9.59 Å². The van der Waals surface area contributed by atoms with Crippen LogP contribution in [0.3, 0.4) is 0 Å². The summed E-state index contributed by atoms with van der Waals surface area (Å²) in [6, 6.07) is 7.33. The maximum absolute atomic E-state index is 11.9. The number of amides is 2. The predicted octanol–water partition coefficient (Wildman–Crippen LogP) is 1.98. The minimum atomic E-state index is -0.151. The zero-order chi connectivity index (χ0) is 15.2. The van der Waals surface area contributed by atoms with E-state index in [0.717, 1.165) is 16.3 Å². The van der Waals surface area contributed by atoms with Gasteiger partial charge in [0.15, 0.2) is 0 Å². The third kappa shape index (κ3) is 4.39. The number of nitrogens with one attached hydrogen (secondary N) is 2. The number of benzene rings is 1. The van der Waals surface area contributed by atoms with Gasteiger partial charge in [-0.25, -0.2) is 4.98 Å². The molecule has 0 aliphatic heterocycles. The van der Waals surface area contributed by atoms with E-state index >= 15 is 0 Å². The molecule has 2 rings (SSSR count). The van der Waals surface area contributed by atoms with Gasteiger partial charge < -0.3 is 10.6 Å². The number of aromatic nitrogens is 1. The molecule has 0 unspecified atom stereocenters. The van der Waals surface area contributed by atoms with Crippen molar-refractivity contribution >= 4 is 23.2 Å². The summed E-state index contributed by atoms with van der Waals surface area (Å²) < 4.78 is 0. The zero-order valence-corrected chi connectivity index (χ0v) is 12.8. The Balaban J connectivity index is 1.92. The van der Waals surface area contributed by atoms with Crippen LogP contribution in [0.2, 0.25) is 0 Å². The molecule has 1 aromatic heterocycles. The summed E-state index contributed by atoms with van der Waals surface area (Å²) in [4.78, 5) is 27.0. The Hall–Kier alpha value is -2.21. The summed E-state index contributed by atoms with van der Waals surface area (Å²) >= 11 is 1.58. The van der Waals surface area contributed by atoms with Crippen molar-refractivity contribution in [3.8, 4) is 10.6 Å². The summed E-state index contributed by atoms with van der Waals surface area (Å²) in [6.45, 7) is 4.24. The number of aryl methyl sites for hydroxylation is 1. The molecule has 6 heteroatoms. The monoisotopic (exact) mass is 303 g/mol. The van der Waals surface area contributed by atoms with E-state index in [2.05, 4.69) is 15.6 Å². The van der Waals surface area contributed by atoms with Gasteiger partial charge in [-0.05, 0) is 19.1 Å². The molecule has 0 bridgehead atoms. The highest BCUT2D eigenvalue weighted by atomic mass is 32.1. The van der Waals surface area contributed by atoms with Crippen LogP contribution in [0.1, 0.15) is 23.0 Å². The lowest BCUT2D eigenvalue weighted by Gasteiger charge is -2.06. The van der Waals surface area contributed by atoms with Crippen LogP contribution in [0, 0.1) is 6.92 Å². The normalized spacial score (nSPS) is 10.2. The standard InChI is InChI=1S/C15H17N3O2S/c1-10-9-21-15(18-10)13-5-3-12(4-6-13)14(20)17-8-7-16-11(2)19/h3-6,9H,7-8H2,1-2H3,(H,16,19)(H,17,20). The van der Waals surface area contributed by atoms with E-state index in [1.54, 1.807) is 23.5 Å². The molecule has 1 aromatic carbocycles. The Morgan fingerprint density at radius 2 is 1.81 bits per heavy atom. The van der Waals surface area contributed by atoms with E-state index in [1.165, 1.54) is 6.92 Å². The van der Waals surface area contributed by atoms with Crippen molar-refractivity contribution in [1.29, 1.82) is 0 Å². The lowest BCUT2D eigenvalue weighted by atomic mass is 10.1. The van der Waals surface area contributed by atoms with E-state index in [0.29, 0.717) is 18.7 Å². The third-order valence-corrected chi connectivity index (χ3v) is 3.81. The molecule has 0 saturated carbocycles. The first-order valence-electron chi connectivity index (χ1n) is 6.61. The van der Waals surface area contributed by atoms with Crippen LogP contribution in [-0.4, -0.2) is 29.9 Å². The molecule has 0 fully saturated rings. The number of nitrogens with zero attached hydrogens (tertiary/aromatic N) is 1. The van der Waals surface area contributed by atoms with Crippen molar-refractivity contribution in [2.75, 3.05) is 13.1 Å². The molecule has 0 radical (unpaired) electrons. The maximum Gasteiger partial charge on any atom is 0.251 e. The molecule has 2 aromatic rings. The van der Waals surface area contributed by atoms with Gasteiger partial charge in [-0.2, -0.15) is 0 Å². The summed E-state index contributed by atoms with van der Waals surface area (Å²) in [5, 5.41) is 8.32. The number of rotatable bonds is 5. The van der Waals surface area contributed by atoms with Crippen LogP contribution >= 0.6 is 11.3 Å². The van der Waals surface area contributed by atoms with Gasteiger partial charge >= 0.3 is 0 Å². The number of hydrogen-bond donors (Lipinski definition) is 2. The Morgan fingerprint density at radius 3 is 2.38 bits per heavy atom. The first-order chi connectivity index (χ1) is 10.1. The summed E-state index contributed by atoms with van der Waals surface area (Å²) in [5.74, 6) is -0.255. The lowest BCUT2D eigenvalue weighted by molar-refractivity contribution is -0.118. The molecule has 0 aliphatic carbocycles. The summed E-state index contributed by atoms with van der Waals surface area (Å²) in [7, 11) is 0. The van der Waals surface area contributed by atoms with Crippen molar-refractivity contribution in [1.82, 2.24) is 15.6 Å². The Bertz CT molecular complexity index is 635. The molecule has 0 spiro atoms. The van der Waals surface area contributed by atoms with Crippen LogP contribution in [0.25, 0.3) is 10.6 Å². The van der Waals surface area contributed by atoms with Crippen LogP contribution in [0.5, 0.6) is 0 Å². The second kappa shape index (κ2) is 6.99. The van der Waals surface area contributed by atoms with E-state index in [1.807, 2.05) is 24.4 Å². The van der Waals surface area contributed by atoms with Crippen LogP contribution < -0.4 is 10.6 Å². The minimum Gasteiger partial charge on any atom is -0.355 e. The van der Waals surface area contributed by atoms with E-state index in [-0.39, 0.29) is 11.8 Å². The largest absolute Gasteiger partial charge is 0.355 e. The molecular weight excluding hydrogens is 286 g/mol. The fraction of sp³-hybridized carbons (Fsp3) is 0.267. The van der Waals surface area contributed by atoms with Gasteiger partial charge in [0.25, 0.3) is 5.91 Å². The molecule has 1 heterocycles. The lowest BCUT2D eigenvalue weighted by Crippen LogP contribution is -2.33. The Morgan fingerprint density at radius 1 is 1.14 bits per heavy atom. The quantitative estimate of drug-likeness (QED) is 0.830. The van der Waals surface area contributed by atoms with Crippen molar-refractivity contribution in [2.24, 2.45) is 0 Å². The Labute approximate surface area is 127 Å². The van der Waals surface area contributed by atoms with Crippen molar-refractivity contribution < 1.29 is 9.59 Å². The number of carbonyl (C=O) groups is 2. The molecule has 21 heavy (non-hydrogen) atoms. The van der Waals surface area contributed by atoms with Crippen LogP contribution in [0.15, 0.2) is 29.6 Å². The van der Waals surface area contributed by atoms with Gasteiger partial charge in [0, 0.05) is 42.2 Å². The highest BCUT2D eigenvalue weighted by Gasteiger charge is 2.07. The molecular formula is C15H17N3O2S. The topological polar surface area (TPSA) is 71.1 Å². The second-order valence-corrected chi connectivity index (χ2v) is 5.47. The maximum atomic E-state index is 11.9. The fourth-order valence-electron chi connectivity index (χ4n) is 1.77.